The first-order valence-electron chi connectivity index (χ1n) is 3.93. The molecule has 6 heteroatoms. The Bertz CT molecular complexity index is 425. The van der Waals surface area contributed by atoms with Gasteiger partial charge in [0.05, 0.1) is 0 Å². The number of carbonyl (C=O) groups excluding carboxylic acids is 1. The average molecular weight is 197 g/mol. The summed E-state index contributed by atoms with van der Waals surface area (Å²) < 4.78 is 1.21. The summed E-state index contributed by atoms with van der Waals surface area (Å²) in [7, 11) is 2.91. The third-order valence-electron chi connectivity index (χ3n) is 1.96. The minimum atomic E-state index is -0.568. The van der Waals surface area contributed by atoms with Crippen molar-refractivity contribution in [2.45, 2.75) is 6.92 Å². The van der Waals surface area contributed by atoms with Crippen LogP contribution in [0.2, 0.25) is 0 Å². The van der Waals surface area contributed by atoms with Crippen molar-refractivity contribution in [3.63, 3.8) is 0 Å². The summed E-state index contributed by atoms with van der Waals surface area (Å²) in [6, 6.07) is 0. The summed E-state index contributed by atoms with van der Waals surface area (Å²) in [5.41, 5.74) is -0.568. The summed E-state index contributed by atoms with van der Waals surface area (Å²) in [5.74, 6) is -0.121. The fourth-order valence-electron chi connectivity index (χ4n) is 0.979. The van der Waals surface area contributed by atoms with E-state index in [4.69, 9.17) is 0 Å². The van der Waals surface area contributed by atoms with Crippen LogP contribution >= 0.6 is 0 Å². The molecule has 0 saturated carbocycles. The van der Waals surface area contributed by atoms with Crippen LogP contribution in [0.3, 0.4) is 0 Å². The van der Waals surface area contributed by atoms with Crippen molar-refractivity contribution in [3.05, 3.63) is 16.2 Å². The van der Waals surface area contributed by atoms with Gasteiger partial charge in [0, 0.05) is 14.1 Å². The largest absolute Gasteiger partial charge is 0.500 e. The van der Waals surface area contributed by atoms with Crippen LogP contribution in [0.4, 0.5) is 5.82 Å². The molecule has 1 amide bonds. The van der Waals surface area contributed by atoms with Crippen molar-refractivity contribution in [2.75, 3.05) is 11.9 Å². The van der Waals surface area contributed by atoms with Gasteiger partial charge in [-0.1, -0.05) is 0 Å². The number of aromatic nitrogens is 2. The summed E-state index contributed by atoms with van der Waals surface area (Å²) in [6.07, 6.45) is 0.473. The number of carbonyl (C=O) groups is 1. The zero-order valence-electron chi connectivity index (χ0n) is 8.18. The van der Waals surface area contributed by atoms with E-state index in [1.807, 2.05) is 0 Å². The van der Waals surface area contributed by atoms with E-state index in [1.54, 1.807) is 6.92 Å². The van der Waals surface area contributed by atoms with Crippen LogP contribution in [0, 0.1) is 6.92 Å². The van der Waals surface area contributed by atoms with Crippen molar-refractivity contribution >= 4 is 12.2 Å². The van der Waals surface area contributed by atoms with Crippen molar-refractivity contribution < 1.29 is 9.90 Å². The molecule has 14 heavy (non-hydrogen) atoms. The number of amides is 1. The van der Waals surface area contributed by atoms with Gasteiger partial charge in [-0.2, -0.15) is 0 Å². The normalized spacial score (nSPS) is 9.93. The Labute approximate surface area is 80.4 Å². The molecule has 0 aliphatic carbocycles. The van der Waals surface area contributed by atoms with E-state index in [0.717, 1.165) is 4.90 Å². The lowest BCUT2D eigenvalue weighted by Crippen LogP contribution is -2.25. The van der Waals surface area contributed by atoms with E-state index in [-0.39, 0.29) is 5.82 Å². The van der Waals surface area contributed by atoms with Gasteiger partial charge < -0.3 is 5.11 Å². The molecule has 0 unspecified atom stereocenters. The van der Waals surface area contributed by atoms with Crippen LogP contribution in [-0.4, -0.2) is 28.1 Å². The highest BCUT2D eigenvalue weighted by molar-refractivity contribution is 5.74. The number of nitrogens with zero attached hydrogens (tertiary/aromatic N) is 3. The predicted molar refractivity (Wildman–Crippen MR) is 50.3 cm³/mol. The first kappa shape index (κ1) is 10.2. The molecule has 76 valence electrons. The number of anilines is 1. The zero-order valence-corrected chi connectivity index (χ0v) is 8.18. The van der Waals surface area contributed by atoms with E-state index in [1.165, 1.54) is 18.7 Å². The zero-order chi connectivity index (χ0) is 10.9. The first-order valence-corrected chi connectivity index (χ1v) is 3.93. The fourth-order valence-corrected chi connectivity index (χ4v) is 0.979. The second kappa shape index (κ2) is 3.49. The summed E-state index contributed by atoms with van der Waals surface area (Å²) in [4.78, 5) is 26.7. The number of rotatable bonds is 2. The van der Waals surface area contributed by atoms with Crippen molar-refractivity contribution in [1.29, 1.82) is 0 Å². The van der Waals surface area contributed by atoms with Gasteiger partial charge in [0.25, 0.3) is 5.56 Å². The summed E-state index contributed by atoms with van der Waals surface area (Å²) >= 11 is 0. The number of hydrogen-bond acceptors (Lipinski definition) is 4. The maximum atomic E-state index is 11.4. The van der Waals surface area contributed by atoms with E-state index in [0.29, 0.717) is 12.2 Å². The topological polar surface area (TPSA) is 75.4 Å². The Morgan fingerprint density at radius 2 is 2.14 bits per heavy atom. The SMILES string of the molecule is Cc1nc(N(C)C=O)c(O)c(=O)n1C. The predicted octanol–water partition coefficient (Wildman–Crippen LogP) is -0.613. The molecule has 0 saturated heterocycles. The van der Waals surface area contributed by atoms with Gasteiger partial charge in [-0.15, -0.1) is 0 Å². The standard InChI is InChI=1S/C8H11N3O3/c1-5-9-7(10(2)4-12)6(13)8(14)11(5)3/h4,13H,1-3H3. The minimum absolute atomic E-state index is 0.0272. The molecule has 0 aromatic carbocycles. The molecule has 1 aromatic heterocycles. The number of aromatic hydroxyl groups is 1. The number of hydrogen-bond donors (Lipinski definition) is 1. The van der Waals surface area contributed by atoms with Crippen molar-refractivity contribution in [3.8, 4) is 5.75 Å². The van der Waals surface area contributed by atoms with E-state index in [2.05, 4.69) is 4.98 Å². The molecule has 1 heterocycles. The Morgan fingerprint density at radius 1 is 1.57 bits per heavy atom. The highest BCUT2D eigenvalue weighted by atomic mass is 16.3. The van der Waals surface area contributed by atoms with Crippen molar-refractivity contribution in [1.82, 2.24) is 9.55 Å². The average Bonchev–Trinajstić information content (AvgIpc) is 2.19. The van der Waals surface area contributed by atoms with Gasteiger partial charge in [-0.3, -0.25) is 19.1 Å². The van der Waals surface area contributed by atoms with Crippen LogP contribution in [0.25, 0.3) is 0 Å². The number of aryl methyl sites for hydroxylation is 1. The van der Waals surface area contributed by atoms with Gasteiger partial charge >= 0.3 is 0 Å². The Kier molecular flexibility index (Phi) is 2.55. The van der Waals surface area contributed by atoms with Gasteiger partial charge in [-0.25, -0.2) is 4.98 Å². The molecular formula is C8H11N3O3. The minimum Gasteiger partial charge on any atom is -0.500 e. The van der Waals surface area contributed by atoms with Gasteiger partial charge in [0.2, 0.25) is 12.2 Å². The first-order chi connectivity index (χ1) is 6.49. The van der Waals surface area contributed by atoms with E-state index < -0.39 is 11.3 Å². The summed E-state index contributed by atoms with van der Waals surface area (Å²) in [5, 5.41) is 9.41. The summed E-state index contributed by atoms with van der Waals surface area (Å²) in [6.45, 7) is 1.61. The Hall–Kier alpha value is -1.85. The van der Waals surface area contributed by atoms with Crippen LogP contribution in [-0.2, 0) is 11.8 Å². The van der Waals surface area contributed by atoms with E-state index >= 15 is 0 Å². The molecular weight excluding hydrogens is 186 g/mol. The molecule has 0 spiro atoms. The van der Waals surface area contributed by atoms with Gasteiger partial charge in [0.1, 0.15) is 5.82 Å². The van der Waals surface area contributed by atoms with Crippen LogP contribution in [0.1, 0.15) is 5.82 Å². The molecule has 0 aliphatic rings. The molecule has 0 fully saturated rings. The molecule has 0 bridgehead atoms. The molecule has 0 atom stereocenters. The molecule has 1 aromatic rings. The van der Waals surface area contributed by atoms with Gasteiger partial charge in [0.15, 0.2) is 5.82 Å². The maximum absolute atomic E-state index is 11.4. The second-order valence-corrected chi connectivity index (χ2v) is 2.91. The molecule has 6 nitrogen and oxygen atoms in total. The molecule has 0 radical (unpaired) electrons. The lowest BCUT2D eigenvalue weighted by atomic mass is 10.4. The maximum Gasteiger partial charge on any atom is 0.297 e. The van der Waals surface area contributed by atoms with Gasteiger partial charge in [-0.05, 0) is 6.92 Å². The highest BCUT2D eigenvalue weighted by Gasteiger charge is 2.14. The molecule has 1 N–H and O–H groups in total. The smallest absolute Gasteiger partial charge is 0.297 e. The lowest BCUT2D eigenvalue weighted by Gasteiger charge is -2.13. The Balaban J connectivity index is 3.48. The Morgan fingerprint density at radius 3 is 2.64 bits per heavy atom. The third kappa shape index (κ3) is 1.46. The van der Waals surface area contributed by atoms with Crippen LogP contribution in [0.5, 0.6) is 5.75 Å². The fraction of sp³-hybridized carbons (Fsp3) is 0.375. The van der Waals surface area contributed by atoms with Crippen LogP contribution in [0.15, 0.2) is 4.79 Å². The quantitative estimate of drug-likeness (QED) is 0.641. The second-order valence-electron chi connectivity index (χ2n) is 2.91. The third-order valence-corrected chi connectivity index (χ3v) is 1.96. The monoisotopic (exact) mass is 197 g/mol. The van der Waals surface area contributed by atoms with Crippen LogP contribution < -0.4 is 10.5 Å². The molecule has 0 aliphatic heterocycles. The van der Waals surface area contributed by atoms with E-state index in [9.17, 15) is 14.7 Å². The highest BCUT2D eigenvalue weighted by Crippen LogP contribution is 2.17. The lowest BCUT2D eigenvalue weighted by molar-refractivity contribution is -0.107. The molecule has 1 rings (SSSR count). The van der Waals surface area contributed by atoms with Crippen molar-refractivity contribution in [2.24, 2.45) is 7.05 Å².